The van der Waals surface area contributed by atoms with Gasteiger partial charge in [0.25, 0.3) is 0 Å². The smallest absolute Gasteiger partial charge is 0.226 e. The molecule has 0 unspecified atom stereocenters. The van der Waals surface area contributed by atoms with Gasteiger partial charge in [0, 0.05) is 26.4 Å². The minimum Gasteiger partial charge on any atom is -0.496 e. The first kappa shape index (κ1) is 20.4. The Bertz CT molecular complexity index is 791. The summed E-state index contributed by atoms with van der Waals surface area (Å²) in [5, 5.41) is 2.22. The molecular weight excluding hydrogens is 354 g/mol. The minimum absolute atomic E-state index is 0.0702. The molecule has 2 aromatic rings. The lowest BCUT2D eigenvalue weighted by Gasteiger charge is -2.21. The SMILES string of the molecule is COc1ccccc1CCN(CCC(=O)Nc1c(F)cccc1F)C(C)=O. The van der Waals surface area contributed by atoms with E-state index in [9.17, 15) is 18.4 Å². The lowest BCUT2D eigenvalue weighted by Crippen LogP contribution is -2.34. The van der Waals surface area contributed by atoms with Gasteiger partial charge >= 0.3 is 0 Å². The number of anilines is 1. The fourth-order valence-electron chi connectivity index (χ4n) is 2.65. The van der Waals surface area contributed by atoms with Crippen molar-refractivity contribution in [1.29, 1.82) is 0 Å². The fraction of sp³-hybridized carbons (Fsp3) is 0.300. The molecule has 2 amide bonds. The maximum Gasteiger partial charge on any atom is 0.226 e. The van der Waals surface area contributed by atoms with Gasteiger partial charge in [-0.1, -0.05) is 24.3 Å². The molecule has 5 nitrogen and oxygen atoms in total. The first-order valence-electron chi connectivity index (χ1n) is 8.53. The lowest BCUT2D eigenvalue weighted by molar-refractivity contribution is -0.129. The van der Waals surface area contributed by atoms with E-state index < -0.39 is 23.2 Å². The Morgan fingerprint density at radius 3 is 2.33 bits per heavy atom. The zero-order chi connectivity index (χ0) is 19.8. The number of halogens is 2. The van der Waals surface area contributed by atoms with E-state index in [0.717, 1.165) is 23.4 Å². The van der Waals surface area contributed by atoms with Crippen LogP contribution in [0.3, 0.4) is 0 Å². The molecule has 0 radical (unpaired) electrons. The molecule has 1 N–H and O–H groups in total. The molecule has 0 heterocycles. The molecule has 0 saturated carbocycles. The number of benzene rings is 2. The van der Waals surface area contributed by atoms with E-state index in [1.165, 1.54) is 17.9 Å². The van der Waals surface area contributed by atoms with Crippen LogP contribution in [0.4, 0.5) is 14.5 Å². The second-order valence-corrected chi connectivity index (χ2v) is 5.96. The van der Waals surface area contributed by atoms with E-state index in [1.54, 1.807) is 7.11 Å². The van der Waals surface area contributed by atoms with Crippen molar-refractivity contribution < 1.29 is 23.1 Å². The number of carbonyl (C=O) groups is 2. The van der Waals surface area contributed by atoms with Crippen molar-refractivity contribution in [2.75, 3.05) is 25.5 Å². The van der Waals surface area contributed by atoms with Crippen molar-refractivity contribution in [2.45, 2.75) is 19.8 Å². The maximum atomic E-state index is 13.6. The largest absolute Gasteiger partial charge is 0.496 e. The number of methoxy groups -OCH3 is 1. The van der Waals surface area contributed by atoms with Gasteiger partial charge in [0.05, 0.1) is 7.11 Å². The Morgan fingerprint density at radius 1 is 1.04 bits per heavy atom. The van der Waals surface area contributed by atoms with Gasteiger partial charge < -0.3 is 15.0 Å². The highest BCUT2D eigenvalue weighted by Crippen LogP contribution is 2.19. The molecular formula is C20H22F2N2O3. The summed E-state index contributed by atoms with van der Waals surface area (Å²) in [6.07, 6.45) is 0.492. The van der Waals surface area contributed by atoms with Crippen molar-refractivity contribution in [3.8, 4) is 5.75 Å². The standard InChI is InChI=1S/C20H22F2N2O3/c1-14(25)24(12-10-15-6-3-4-9-18(15)27-2)13-11-19(26)23-20-16(21)7-5-8-17(20)22/h3-9H,10-13H2,1-2H3,(H,23,26). The molecule has 7 heteroatoms. The summed E-state index contributed by atoms with van der Waals surface area (Å²) in [7, 11) is 1.58. The lowest BCUT2D eigenvalue weighted by atomic mass is 10.1. The van der Waals surface area contributed by atoms with Crippen LogP contribution in [0.5, 0.6) is 5.75 Å². The molecule has 0 spiro atoms. The van der Waals surface area contributed by atoms with Crippen LogP contribution in [-0.2, 0) is 16.0 Å². The van der Waals surface area contributed by atoms with Gasteiger partial charge in [-0.05, 0) is 30.2 Å². The van der Waals surface area contributed by atoms with Gasteiger partial charge in [0.1, 0.15) is 23.1 Å². The van der Waals surface area contributed by atoms with Crippen LogP contribution in [-0.4, -0.2) is 36.9 Å². The first-order valence-corrected chi connectivity index (χ1v) is 8.53. The zero-order valence-corrected chi connectivity index (χ0v) is 15.3. The van der Waals surface area contributed by atoms with Gasteiger partial charge in [-0.25, -0.2) is 8.78 Å². The molecule has 0 aliphatic carbocycles. The topological polar surface area (TPSA) is 58.6 Å². The van der Waals surface area contributed by atoms with Crippen molar-refractivity contribution >= 4 is 17.5 Å². The quantitative estimate of drug-likeness (QED) is 0.768. The molecule has 2 aromatic carbocycles. The summed E-state index contributed by atoms with van der Waals surface area (Å²) in [5.74, 6) is -1.71. The van der Waals surface area contributed by atoms with E-state index in [4.69, 9.17) is 4.74 Å². The Balaban J connectivity index is 1.92. The summed E-state index contributed by atoms with van der Waals surface area (Å²) in [6.45, 7) is 1.96. The predicted molar refractivity (Wildman–Crippen MR) is 98.6 cm³/mol. The highest BCUT2D eigenvalue weighted by atomic mass is 19.1. The summed E-state index contributed by atoms with van der Waals surface area (Å²) in [5.41, 5.74) is 0.468. The van der Waals surface area contributed by atoms with Crippen LogP contribution in [0, 0.1) is 11.6 Å². The van der Waals surface area contributed by atoms with Crippen LogP contribution in [0.2, 0.25) is 0 Å². The number of rotatable bonds is 8. The molecule has 0 saturated heterocycles. The van der Waals surface area contributed by atoms with E-state index in [0.29, 0.717) is 13.0 Å². The van der Waals surface area contributed by atoms with E-state index >= 15 is 0 Å². The summed E-state index contributed by atoms with van der Waals surface area (Å²) in [4.78, 5) is 25.4. The molecule has 0 atom stereocenters. The third kappa shape index (κ3) is 5.77. The van der Waals surface area contributed by atoms with Gasteiger partial charge in [0.15, 0.2) is 0 Å². The Kier molecular flexibility index (Phi) is 7.28. The summed E-state index contributed by atoms with van der Waals surface area (Å²) >= 11 is 0. The van der Waals surface area contributed by atoms with Crippen molar-refractivity contribution in [2.24, 2.45) is 0 Å². The van der Waals surface area contributed by atoms with Crippen LogP contribution in [0.1, 0.15) is 18.9 Å². The number of nitrogens with one attached hydrogen (secondary N) is 1. The third-order valence-electron chi connectivity index (χ3n) is 4.12. The van der Waals surface area contributed by atoms with Crippen LogP contribution < -0.4 is 10.1 Å². The molecule has 0 fully saturated rings. The first-order chi connectivity index (χ1) is 12.9. The monoisotopic (exact) mass is 376 g/mol. The molecule has 144 valence electrons. The number of amides is 2. The van der Waals surface area contributed by atoms with Gasteiger partial charge in [-0.3, -0.25) is 9.59 Å². The van der Waals surface area contributed by atoms with Crippen LogP contribution in [0.15, 0.2) is 42.5 Å². The van der Waals surface area contributed by atoms with E-state index in [-0.39, 0.29) is 18.9 Å². The van der Waals surface area contributed by atoms with Crippen molar-refractivity contribution in [3.63, 3.8) is 0 Å². The van der Waals surface area contributed by atoms with Crippen LogP contribution >= 0.6 is 0 Å². The number of carbonyl (C=O) groups excluding carboxylic acids is 2. The molecule has 27 heavy (non-hydrogen) atoms. The van der Waals surface area contributed by atoms with Gasteiger partial charge in [-0.15, -0.1) is 0 Å². The second kappa shape index (κ2) is 9.66. The van der Waals surface area contributed by atoms with Crippen molar-refractivity contribution in [3.05, 3.63) is 59.7 Å². The average Bonchev–Trinajstić information content (AvgIpc) is 2.64. The average molecular weight is 376 g/mol. The van der Waals surface area contributed by atoms with Crippen LogP contribution in [0.25, 0.3) is 0 Å². The summed E-state index contributed by atoms with van der Waals surface area (Å²) < 4.78 is 32.5. The Morgan fingerprint density at radius 2 is 1.70 bits per heavy atom. The Hall–Kier alpha value is -2.96. The fourth-order valence-corrected chi connectivity index (χ4v) is 2.65. The normalized spacial score (nSPS) is 10.4. The zero-order valence-electron chi connectivity index (χ0n) is 15.3. The maximum absolute atomic E-state index is 13.6. The third-order valence-corrected chi connectivity index (χ3v) is 4.12. The minimum atomic E-state index is -0.844. The molecule has 0 bridgehead atoms. The number of hydrogen-bond donors (Lipinski definition) is 1. The number of ether oxygens (including phenoxy) is 1. The number of para-hydroxylation sites is 2. The number of hydrogen-bond acceptors (Lipinski definition) is 3. The summed E-state index contributed by atoms with van der Waals surface area (Å²) in [6, 6.07) is 10.8. The van der Waals surface area contributed by atoms with E-state index in [1.807, 2.05) is 24.3 Å². The molecule has 2 rings (SSSR count). The van der Waals surface area contributed by atoms with E-state index in [2.05, 4.69) is 5.32 Å². The Labute approximate surface area is 156 Å². The van der Waals surface area contributed by atoms with Gasteiger partial charge in [0.2, 0.25) is 11.8 Å². The number of nitrogens with zero attached hydrogens (tertiary/aromatic N) is 1. The highest BCUT2D eigenvalue weighted by molar-refractivity contribution is 5.91. The van der Waals surface area contributed by atoms with Gasteiger partial charge in [-0.2, -0.15) is 0 Å². The molecule has 0 aromatic heterocycles. The highest BCUT2D eigenvalue weighted by Gasteiger charge is 2.15. The van der Waals surface area contributed by atoms with Crippen molar-refractivity contribution in [1.82, 2.24) is 4.90 Å². The second-order valence-electron chi connectivity index (χ2n) is 5.96. The molecule has 0 aliphatic heterocycles. The molecule has 0 aliphatic rings. The predicted octanol–water partition coefficient (Wildman–Crippen LogP) is 3.39.